The first-order valence-electron chi connectivity index (χ1n) is 4.94. The Hall–Kier alpha value is -1.89. The number of aromatic nitrogens is 4. The quantitative estimate of drug-likeness (QED) is 0.625. The van der Waals surface area contributed by atoms with Gasteiger partial charge in [-0.05, 0) is 18.7 Å². The molecule has 17 heavy (non-hydrogen) atoms. The monoisotopic (exact) mass is 249 g/mol. The largest absolute Gasteiger partial charge is 0.373 e. The fourth-order valence-corrected chi connectivity index (χ4v) is 2.04. The fraction of sp³-hybridized carbons (Fsp3) is 0.200. The van der Waals surface area contributed by atoms with Crippen LogP contribution >= 0.6 is 11.8 Å². The molecule has 2 N–H and O–H groups in total. The number of hydrogen-bond donors (Lipinski definition) is 2. The molecule has 0 atom stereocenters. The Bertz CT molecular complexity index is 583. The van der Waals surface area contributed by atoms with Crippen molar-refractivity contribution in [3.05, 3.63) is 34.5 Å². The topological polar surface area (TPSA) is 83.6 Å². The third-order valence-electron chi connectivity index (χ3n) is 1.92. The summed E-state index contributed by atoms with van der Waals surface area (Å²) in [6.45, 7) is 1.81. The summed E-state index contributed by atoms with van der Waals surface area (Å²) >= 11 is 1.29. The van der Waals surface area contributed by atoms with Crippen molar-refractivity contribution in [2.75, 3.05) is 12.4 Å². The Morgan fingerprint density at radius 3 is 2.94 bits per heavy atom. The molecule has 2 rings (SSSR count). The summed E-state index contributed by atoms with van der Waals surface area (Å²) in [5.41, 5.74) is -0.179. The Morgan fingerprint density at radius 2 is 2.24 bits per heavy atom. The average Bonchev–Trinajstić information content (AvgIpc) is 2.28. The molecule has 0 aliphatic heterocycles. The van der Waals surface area contributed by atoms with Crippen LogP contribution < -0.4 is 10.9 Å². The van der Waals surface area contributed by atoms with Crippen LogP contribution in [0.1, 0.15) is 5.82 Å². The lowest BCUT2D eigenvalue weighted by Crippen LogP contribution is -2.05. The van der Waals surface area contributed by atoms with Crippen molar-refractivity contribution in [3.63, 3.8) is 0 Å². The zero-order chi connectivity index (χ0) is 12.3. The maximum absolute atomic E-state index is 11.1. The first-order valence-corrected chi connectivity index (χ1v) is 5.75. The summed E-state index contributed by atoms with van der Waals surface area (Å²) in [6.07, 6.45) is 1.47. The molecule has 0 bridgehead atoms. The van der Waals surface area contributed by atoms with E-state index in [-0.39, 0.29) is 5.56 Å². The molecule has 0 fully saturated rings. The molecule has 0 aliphatic carbocycles. The van der Waals surface area contributed by atoms with Crippen LogP contribution in [0.4, 0.5) is 5.82 Å². The zero-order valence-corrected chi connectivity index (χ0v) is 10.2. The van der Waals surface area contributed by atoms with Crippen LogP contribution in [0, 0.1) is 6.92 Å². The first kappa shape index (κ1) is 11.6. The Balaban J connectivity index is 2.29. The second-order valence-electron chi connectivity index (χ2n) is 3.23. The number of nitrogens with zero attached hydrogens (tertiary/aromatic N) is 3. The fourth-order valence-electron chi connectivity index (χ4n) is 1.22. The molecule has 0 amide bonds. The maximum Gasteiger partial charge on any atom is 0.251 e. The number of nitrogens with one attached hydrogen (secondary N) is 2. The number of aryl methyl sites for hydroxylation is 1. The summed E-state index contributed by atoms with van der Waals surface area (Å²) in [5, 5.41) is 4.19. The highest BCUT2D eigenvalue weighted by molar-refractivity contribution is 7.99. The lowest BCUT2D eigenvalue weighted by atomic mass is 10.5. The highest BCUT2D eigenvalue weighted by Crippen LogP contribution is 2.23. The average molecular weight is 249 g/mol. The molecule has 88 valence electrons. The number of aromatic amines is 1. The maximum atomic E-state index is 11.1. The lowest BCUT2D eigenvalue weighted by Gasteiger charge is -2.04. The summed E-state index contributed by atoms with van der Waals surface area (Å²) < 4.78 is 0. The molecule has 7 heteroatoms. The van der Waals surface area contributed by atoms with Crippen molar-refractivity contribution in [3.8, 4) is 0 Å². The van der Waals surface area contributed by atoms with Gasteiger partial charge in [0.2, 0.25) is 0 Å². The summed E-state index contributed by atoms with van der Waals surface area (Å²) in [5.74, 6) is 1.40. The van der Waals surface area contributed by atoms with Crippen molar-refractivity contribution >= 4 is 17.6 Å². The minimum absolute atomic E-state index is 0.179. The normalized spacial score (nSPS) is 10.2. The van der Waals surface area contributed by atoms with Gasteiger partial charge in [0, 0.05) is 25.4 Å². The molecule has 0 saturated heterocycles. The molecular weight excluding hydrogens is 238 g/mol. The molecule has 0 spiro atoms. The van der Waals surface area contributed by atoms with Gasteiger partial charge in [0.15, 0.2) is 5.16 Å². The summed E-state index contributed by atoms with van der Waals surface area (Å²) in [7, 11) is 1.79. The number of hydrogen-bond acceptors (Lipinski definition) is 6. The molecule has 6 nitrogen and oxygen atoms in total. The smallest absolute Gasteiger partial charge is 0.251 e. The minimum atomic E-state index is -0.179. The Labute approximate surface area is 102 Å². The van der Waals surface area contributed by atoms with Crippen LogP contribution in [0.15, 0.2) is 33.3 Å². The molecule has 0 aliphatic rings. The van der Waals surface area contributed by atoms with E-state index >= 15 is 0 Å². The highest BCUT2D eigenvalue weighted by Gasteiger charge is 2.04. The van der Waals surface area contributed by atoms with Crippen LogP contribution in [0.25, 0.3) is 0 Å². The van der Waals surface area contributed by atoms with Gasteiger partial charge in [0.1, 0.15) is 16.7 Å². The van der Waals surface area contributed by atoms with E-state index in [4.69, 9.17) is 0 Å². The highest BCUT2D eigenvalue weighted by atomic mass is 32.2. The lowest BCUT2D eigenvalue weighted by molar-refractivity contribution is 0.920. The molecule has 0 aromatic carbocycles. The number of rotatable bonds is 3. The number of H-pyrrole nitrogens is 1. The molecular formula is C10H11N5OS. The van der Waals surface area contributed by atoms with E-state index in [1.54, 1.807) is 13.1 Å². The van der Waals surface area contributed by atoms with Gasteiger partial charge >= 0.3 is 0 Å². The van der Waals surface area contributed by atoms with Gasteiger partial charge in [-0.3, -0.25) is 4.79 Å². The SMILES string of the molecule is CNc1cc(Sc2nccc(=O)[nH]2)nc(C)n1. The van der Waals surface area contributed by atoms with Gasteiger partial charge in [-0.15, -0.1) is 0 Å². The van der Waals surface area contributed by atoms with Gasteiger partial charge in [0.25, 0.3) is 5.56 Å². The molecule has 0 saturated carbocycles. The van der Waals surface area contributed by atoms with Crippen molar-refractivity contribution in [2.45, 2.75) is 17.1 Å². The predicted octanol–water partition coefficient (Wildman–Crippen LogP) is 1.06. The second-order valence-corrected chi connectivity index (χ2v) is 4.24. The van der Waals surface area contributed by atoms with Gasteiger partial charge < -0.3 is 10.3 Å². The van der Waals surface area contributed by atoms with E-state index in [2.05, 4.69) is 25.3 Å². The van der Waals surface area contributed by atoms with Gasteiger partial charge in [-0.1, -0.05) is 0 Å². The third-order valence-corrected chi connectivity index (χ3v) is 2.74. The minimum Gasteiger partial charge on any atom is -0.373 e. The molecule has 0 unspecified atom stereocenters. The van der Waals surface area contributed by atoms with Crippen LogP contribution in [0.5, 0.6) is 0 Å². The van der Waals surface area contributed by atoms with E-state index in [0.29, 0.717) is 11.0 Å². The van der Waals surface area contributed by atoms with E-state index in [0.717, 1.165) is 10.8 Å². The van der Waals surface area contributed by atoms with Gasteiger partial charge in [-0.2, -0.15) is 0 Å². The van der Waals surface area contributed by atoms with Crippen molar-refractivity contribution in [1.82, 2.24) is 19.9 Å². The second kappa shape index (κ2) is 4.96. The summed E-state index contributed by atoms with van der Waals surface area (Å²) in [4.78, 5) is 26.2. The standard InChI is InChI=1S/C10H11N5OS/c1-6-13-7(11-2)5-9(14-6)17-10-12-4-3-8(16)15-10/h3-5H,1-2H3,(H,11,13,14)(H,12,15,16). The number of anilines is 1. The van der Waals surface area contributed by atoms with E-state index in [1.807, 2.05) is 6.92 Å². The molecule has 2 aromatic rings. The van der Waals surface area contributed by atoms with Gasteiger partial charge in [0.05, 0.1) is 0 Å². The van der Waals surface area contributed by atoms with Crippen LogP contribution in [0.2, 0.25) is 0 Å². The third kappa shape index (κ3) is 3.04. The van der Waals surface area contributed by atoms with Crippen LogP contribution in [-0.2, 0) is 0 Å². The van der Waals surface area contributed by atoms with E-state index in [1.165, 1.54) is 24.0 Å². The Kier molecular flexibility index (Phi) is 3.38. The van der Waals surface area contributed by atoms with E-state index in [9.17, 15) is 4.79 Å². The molecule has 2 aromatic heterocycles. The van der Waals surface area contributed by atoms with Crippen molar-refractivity contribution in [1.29, 1.82) is 0 Å². The zero-order valence-electron chi connectivity index (χ0n) is 9.39. The van der Waals surface area contributed by atoms with Crippen LogP contribution in [-0.4, -0.2) is 27.0 Å². The summed E-state index contributed by atoms with van der Waals surface area (Å²) in [6, 6.07) is 3.17. The Morgan fingerprint density at radius 1 is 1.41 bits per heavy atom. The van der Waals surface area contributed by atoms with Gasteiger partial charge in [-0.25, -0.2) is 15.0 Å². The first-order chi connectivity index (χ1) is 8.17. The predicted molar refractivity (Wildman–Crippen MR) is 65.3 cm³/mol. The van der Waals surface area contributed by atoms with Crippen molar-refractivity contribution in [2.24, 2.45) is 0 Å². The van der Waals surface area contributed by atoms with Crippen LogP contribution in [0.3, 0.4) is 0 Å². The van der Waals surface area contributed by atoms with E-state index < -0.39 is 0 Å². The molecule has 0 radical (unpaired) electrons. The van der Waals surface area contributed by atoms with Crippen molar-refractivity contribution < 1.29 is 0 Å². The molecule has 2 heterocycles.